The minimum Gasteiger partial charge on any atom is -0.366 e. The summed E-state index contributed by atoms with van der Waals surface area (Å²) < 4.78 is 0. The minimum absolute atomic E-state index is 0.442. The fraction of sp³-hybridized carbons (Fsp3) is 0.100. The van der Waals surface area contributed by atoms with Gasteiger partial charge in [-0.25, -0.2) is 0 Å². The van der Waals surface area contributed by atoms with Crippen LogP contribution in [0.3, 0.4) is 0 Å². The van der Waals surface area contributed by atoms with Crippen LogP contribution in [0, 0.1) is 0 Å². The molecule has 13 heavy (non-hydrogen) atoms. The summed E-state index contributed by atoms with van der Waals surface area (Å²) >= 11 is 0. The number of carbonyl (C=O) groups is 1. The maximum Gasteiger partial charge on any atom is 0.241 e. The molecule has 68 valence electrons. The molecule has 0 saturated carbocycles. The minimum atomic E-state index is -0.442. The number of benzene rings is 1. The second kappa shape index (κ2) is 4.42. The van der Waals surface area contributed by atoms with Gasteiger partial charge in [-0.1, -0.05) is 24.3 Å². The summed E-state index contributed by atoms with van der Waals surface area (Å²) in [5.74, 6) is -0.442. The standard InChI is InChI=1S/C10H12N2O/c11-7-9-3-1-8(2-4-9)5-6-10(12)13/h1-6H,7,11H2,(H2,12,13). The quantitative estimate of drug-likeness (QED) is 0.664. The average molecular weight is 176 g/mol. The van der Waals surface area contributed by atoms with Gasteiger partial charge in [0.05, 0.1) is 0 Å². The van der Waals surface area contributed by atoms with Crippen molar-refractivity contribution in [2.24, 2.45) is 11.5 Å². The first-order valence-corrected chi connectivity index (χ1v) is 3.99. The van der Waals surface area contributed by atoms with Gasteiger partial charge >= 0.3 is 0 Å². The third-order valence-electron chi connectivity index (χ3n) is 1.66. The number of rotatable bonds is 3. The Bertz CT molecular complexity index is 314. The zero-order valence-electron chi connectivity index (χ0n) is 7.23. The van der Waals surface area contributed by atoms with Crippen LogP contribution in [0.15, 0.2) is 30.3 Å². The molecule has 0 aliphatic carbocycles. The molecule has 4 N–H and O–H groups in total. The van der Waals surface area contributed by atoms with E-state index in [2.05, 4.69) is 0 Å². The monoisotopic (exact) mass is 176 g/mol. The normalized spacial score (nSPS) is 10.5. The highest BCUT2D eigenvalue weighted by molar-refractivity contribution is 5.90. The molecule has 0 spiro atoms. The van der Waals surface area contributed by atoms with Gasteiger partial charge in [0.1, 0.15) is 0 Å². The lowest BCUT2D eigenvalue weighted by atomic mass is 10.1. The Morgan fingerprint density at radius 3 is 2.38 bits per heavy atom. The highest BCUT2D eigenvalue weighted by Gasteiger charge is 1.89. The molecule has 1 aromatic rings. The van der Waals surface area contributed by atoms with Crippen molar-refractivity contribution in [1.29, 1.82) is 0 Å². The molecule has 0 aliphatic heterocycles. The zero-order chi connectivity index (χ0) is 9.68. The third-order valence-corrected chi connectivity index (χ3v) is 1.66. The number of hydrogen-bond acceptors (Lipinski definition) is 2. The Kier molecular flexibility index (Phi) is 3.23. The van der Waals surface area contributed by atoms with E-state index in [9.17, 15) is 4.79 Å². The van der Waals surface area contributed by atoms with Crippen LogP contribution < -0.4 is 11.5 Å². The molecule has 0 radical (unpaired) electrons. The first-order chi connectivity index (χ1) is 6.22. The first-order valence-electron chi connectivity index (χ1n) is 3.99. The topological polar surface area (TPSA) is 69.1 Å². The smallest absolute Gasteiger partial charge is 0.241 e. The second-order valence-corrected chi connectivity index (χ2v) is 2.68. The van der Waals surface area contributed by atoms with Gasteiger partial charge in [0.25, 0.3) is 0 Å². The van der Waals surface area contributed by atoms with Crippen molar-refractivity contribution in [3.8, 4) is 0 Å². The molecule has 0 aliphatic rings. The van der Waals surface area contributed by atoms with E-state index in [4.69, 9.17) is 11.5 Å². The lowest BCUT2D eigenvalue weighted by Gasteiger charge is -1.96. The van der Waals surface area contributed by atoms with Crippen LogP contribution in [0.2, 0.25) is 0 Å². The molecular weight excluding hydrogens is 164 g/mol. The summed E-state index contributed by atoms with van der Waals surface area (Å²) in [6.45, 7) is 0.528. The molecule has 0 saturated heterocycles. The van der Waals surface area contributed by atoms with E-state index in [1.165, 1.54) is 6.08 Å². The summed E-state index contributed by atoms with van der Waals surface area (Å²) in [6.07, 6.45) is 3.00. The molecule has 0 fully saturated rings. The van der Waals surface area contributed by atoms with Crippen molar-refractivity contribution in [1.82, 2.24) is 0 Å². The molecule has 0 unspecified atom stereocenters. The molecule has 0 bridgehead atoms. The maximum atomic E-state index is 10.4. The number of amides is 1. The van der Waals surface area contributed by atoms with Gasteiger partial charge in [0.2, 0.25) is 5.91 Å². The average Bonchev–Trinajstić information content (AvgIpc) is 2.15. The van der Waals surface area contributed by atoms with E-state index in [-0.39, 0.29) is 0 Å². The summed E-state index contributed by atoms with van der Waals surface area (Å²) in [4.78, 5) is 10.4. The molecule has 1 amide bonds. The van der Waals surface area contributed by atoms with E-state index in [1.54, 1.807) is 6.08 Å². The largest absolute Gasteiger partial charge is 0.366 e. The van der Waals surface area contributed by atoms with Gasteiger partial charge in [-0.15, -0.1) is 0 Å². The molecule has 0 atom stereocenters. The van der Waals surface area contributed by atoms with Crippen LogP contribution in [0.4, 0.5) is 0 Å². The molecular formula is C10H12N2O. The zero-order valence-corrected chi connectivity index (χ0v) is 7.23. The van der Waals surface area contributed by atoms with Crippen LogP contribution >= 0.6 is 0 Å². The van der Waals surface area contributed by atoms with Crippen molar-refractivity contribution in [3.05, 3.63) is 41.5 Å². The van der Waals surface area contributed by atoms with E-state index in [0.717, 1.165) is 11.1 Å². The van der Waals surface area contributed by atoms with E-state index in [1.807, 2.05) is 24.3 Å². The summed E-state index contributed by atoms with van der Waals surface area (Å²) in [6, 6.07) is 7.62. The van der Waals surface area contributed by atoms with Crippen LogP contribution in [-0.2, 0) is 11.3 Å². The van der Waals surface area contributed by atoms with Crippen LogP contribution in [0.25, 0.3) is 6.08 Å². The Labute approximate surface area is 77.0 Å². The van der Waals surface area contributed by atoms with Crippen LogP contribution in [-0.4, -0.2) is 5.91 Å². The lowest BCUT2D eigenvalue weighted by Crippen LogP contribution is -2.05. The summed E-state index contributed by atoms with van der Waals surface area (Å²) in [5, 5.41) is 0. The molecule has 1 aromatic carbocycles. The van der Waals surface area contributed by atoms with Gasteiger partial charge in [0.15, 0.2) is 0 Å². The first kappa shape index (κ1) is 9.48. The number of hydrogen-bond donors (Lipinski definition) is 2. The lowest BCUT2D eigenvalue weighted by molar-refractivity contribution is -0.113. The second-order valence-electron chi connectivity index (χ2n) is 2.68. The Hall–Kier alpha value is -1.61. The maximum absolute atomic E-state index is 10.4. The molecule has 3 nitrogen and oxygen atoms in total. The van der Waals surface area contributed by atoms with E-state index in [0.29, 0.717) is 6.54 Å². The van der Waals surface area contributed by atoms with Gasteiger partial charge in [-0.05, 0) is 17.2 Å². The molecule has 0 heterocycles. The molecule has 1 rings (SSSR count). The highest BCUT2D eigenvalue weighted by atomic mass is 16.1. The van der Waals surface area contributed by atoms with Crippen LogP contribution in [0.1, 0.15) is 11.1 Å². The number of carbonyl (C=O) groups excluding carboxylic acids is 1. The highest BCUT2D eigenvalue weighted by Crippen LogP contribution is 2.05. The Balaban J connectivity index is 2.75. The Morgan fingerprint density at radius 2 is 1.92 bits per heavy atom. The van der Waals surface area contributed by atoms with Crippen LogP contribution in [0.5, 0.6) is 0 Å². The van der Waals surface area contributed by atoms with E-state index >= 15 is 0 Å². The number of nitrogens with two attached hydrogens (primary N) is 2. The van der Waals surface area contributed by atoms with Crippen molar-refractivity contribution >= 4 is 12.0 Å². The fourth-order valence-corrected chi connectivity index (χ4v) is 0.943. The SMILES string of the molecule is NCc1ccc(C=CC(N)=O)cc1. The van der Waals surface area contributed by atoms with E-state index < -0.39 is 5.91 Å². The van der Waals surface area contributed by atoms with Crippen molar-refractivity contribution in [3.63, 3.8) is 0 Å². The van der Waals surface area contributed by atoms with Crippen molar-refractivity contribution < 1.29 is 4.79 Å². The predicted octanol–water partition coefficient (Wildman–Crippen LogP) is 0.644. The van der Waals surface area contributed by atoms with Gasteiger partial charge in [0, 0.05) is 12.6 Å². The van der Waals surface area contributed by atoms with Crippen molar-refractivity contribution in [2.45, 2.75) is 6.54 Å². The van der Waals surface area contributed by atoms with Gasteiger partial charge in [-0.3, -0.25) is 4.79 Å². The number of primary amides is 1. The predicted molar refractivity (Wildman–Crippen MR) is 52.6 cm³/mol. The third kappa shape index (κ3) is 3.09. The Morgan fingerprint density at radius 1 is 1.31 bits per heavy atom. The molecule has 0 aromatic heterocycles. The summed E-state index contributed by atoms with van der Waals surface area (Å²) in [7, 11) is 0. The fourth-order valence-electron chi connectivity index (χ4n) is 0.943. The van der Waals surface area contributed by atoms with Crippen molar-refractivity contribution in [2.75, 3.05) is 0 Å². The van der Waals surface area contributed by atoms with Gasteiger partial charge in [-0.2, -0.15) is 0 Å². The van der Waals surface area contributed by atoms with Gasteiger partial charge < -0.3 is 11.5 Å². The molecule has 3 heteroatoms. The summed E-state index contributed by atoms with van der Waals surface area (Å²) in [5.41, 5.74) is 12.4.